The number of aromatic nitrogens is 3. The smallest absolute Gasteiger partial charge is 0.300 e. The molecule has 3 rings (SSSR count). The van der Waals surface area contributed by atoms with Crippen molar-refractivity contribution in [3.63, 3.8) is 0 Å². The maximum atomic E-state index is 12.2. The summed E-state index contributed by atoms with van der Waals surface area (Å²) < 4.78 is 24.6. The maximum Gasteiger partial charge on any atom is 0.348 e. The number of hydrogen-bond acceptors (Lipinski definition) is 7. The van der Waals surface area contributed by atoms with Gasteiger partial charge in [0, 0.05) is 11.4 Å². The van der Waals surface area contributed by atoms with E-state index in [-0.39, 0.29) is 11.4 Å². The third kappa shape index (κ3) is 3.79. The van der Waals surface area contributed by atoms with Crippen molar-refractivity contribution in [3.05, 3.63) is 46.1 Å². The summed E-state index contributed by atoms with van der Waals surface area (Å²) in [6.45, 7) is 3.22. The van der Waals surface area contributed by atoms with Gasteiger partial charge in [0.15, 0.2) is 5.13 Å². The first kappa shape index (κ1) is 18.2. The van der Waals surface area contributed by atoms with Crippen molar-refractivity contribution in [2.75, 3.05) is 5.32 Å². The Morgan fingerprint density at radius 1 is 1.27 bits per heavy atom. The number of nitrogens with two attached hydrogens (primary N) is 1. The fraction of sp³-hybridized carbons (Fsp3) is 0.200. The number of hydrogen-bond donors (Lipinski definition) is 2. The summed E-state index contributed by atoms with van der Waals surface area (Å²) in [7, 11) is -3.82. The number of amides is 1. The van der Waals surface area contributed by atoms with Crippen LogP contribution in [0.3, 0.4) is 0 Å². The fourth-order valence-electron chi connectivity index (χ4n) is 2.40. The molecule has 11 heteroatoms. The lowest BCUT2D eigenvalue weighted by Gasteiger charge is -2.08. The SMILES string of the molecule is Cc1cc(C)n(CC(=O)Nc2nc3ccc(S(N)(=O)=O)cc3s2)c(=O)n1. The number of sulfonamides is 1. The third-order valence-electron chi connectivity index (χ3n) is 3.58. The molecule has 0 aliphatic carbocycles. The minimum atomic E-state index is -3.82. The van der Waals surface area contributed by atoms with Gasteiger partial charge in [0.05, 0.1) is 15.1 Å². The van der Waals surface area contributed by atoms with Crippen LogP contribution in [-0.4, -0.2) is 28.9 Å². The van der Waals surface area contributed by atoms with Crippen LogP contribution in [-0.2, 0) is 21.4 Å². The van der Waals surface area contributed by atoms with Crippen LogP contribution in [0.25, 0.3) is 10.2 Å². The molecule has 0 aliphatic heterocycles. The van der Waals surface area contributed by atoms with E-state index in [0.717, 1.165) is 11.3 Å². The molecule has 136 valence electrons. The summed E-state index contributed by atoms with van der Waals surface area (Å²) >= 11 is 1.11. The Morgan fingerprint density at radius 2 is 2.00 bits per heavy atom. The van der Waals surface area contributed by atoms with Gasteiger partial charge in [-0.05, 0) is 38.1 Å². The highest BCUT2D eigenvalue weighted by Crippen LogP contribution is 2.27. The van der Waals surface area contributed by atoms with Crippen molar-refractivity contribution in [2.45, 2.75) is 25.3 Å². The monoisotopic (exact) mass is 393 g/mol. The van der Waals surface area contributed by atoms with Crippen molar-refractivity contribution in [3.8, 4) is 0 Å². The lowest BCUT2D eigenvalue weighted by atomic mass is 10.3. The minimum Gasteiger partial charge on any atom is -0.300 e. The zero-order valence-electron chi connectivity index (χ0n) is 13.9. The molecule has 1 aromatic carbocycles. The van der Waals surface area contributed by atoms with Gasteiger partial charge in [-0.25, -0.2) is 23.3 Å². The maximum absolute atomic E-state index is 12.2. The first-order valence-corrected chi connectivity index (χ1v) is 9.78. The van der Waals surface area contributed by atoms with Crippen LogP contribution in [0.15, 0.2) is 34.0 Å². The highest BCUT2D eigenvalue weighted by Gasteiger charge is 2.14. The molecule has 2 heterocycles. The quantitative estimate of drug-likeness (QED) is 0.671. The minimum absolute atomic E-state index is 0.0283. The summed E-state index contributed by atoms with van der Waals surface area (Å²) in [5.74, 6) is -0.438. The molecular formula is C15H15N5O4S2. The number of nitrogens with zero attached hydrogens (tertiary/aromatic N) is 3. The molecule has 0 unspecified atom stereocenters. The fourth-order valence-corrected chi connectivity index (χ4v) is 3.94. The number of fused-ring (bicyclic) bond motifs is 1. The van der Waals surface area contributed by atoms with Gasteiger partial charge in [0.2, 0.25) is 15.9 Å². The van der Waals surface area contributed by atoms with Crippen LogP contribution >= 0.6 is 11.3 Å². The van der Waals surface area contributed by atoms with Crippen LogP contribution in [0.2, 0.25) is 0 Å². The molecule has 9 nitrogen and oxygen atoms in total. The predicted molar refractivity (Wildman–Crippen MR) is 97.6 cm³/mol. The Bertz CT molecular complexity index is 1180. The number of carbonyl (C=O) groups excluding carboxylic acids is 1. The standard InChI is InChI=1S/C15H15N5O4S2/c1-8-5-9(2)20(15(22)17-8)7-13(21)19-14-18-11-4-3-10(26(16,23)24)6-12(11)25-14/h3-6H,7H2,1-2H3,(H2,16,23,24)(H,18,19,21). The summed E-state index contributed by atoms with van der Waals surface area (Å²) in [5, 5.41) is 8.01. The van der Waals surface area contributed by atoms with Crippen LogP contribution < -0.4 is 16.1 Å². The molecule has 3 N–H and O–H groups in total. The van der Waals surface area contributed by atoms with E-state index in [2.05, 4.69) is 15.3 Å². The van der Waals surface area contributed by atoms with Gasteiger partial charge in [0.1, 0.15) is 6.54 Å². The molecule has 0 spiro atoms. The Kier molecular flexibility index (Phi) is 4.61. The van der Waals surface area contributed by atoms with Gasteiger partial charge in [-0.2, -0.15) is 4.98 Å². The number of aryl methyl sites for hydroxylation is 2. The molecule has 0 saturated heterocycles. The Balaban J connectivity index is 1.83. The topological polar surface area (TPSA) is 137 Å². The molecule has 0 atom stereocenters. The van der Waals surface area contributed by atoms with Gasteiger partial charge in [-0.1, -0.05) is 11.3 Å². The summed E-state index contributed by atoms with van der Waals surface area (Å²) in [6.07, 6.45) is 0. The highest BCUT2D eigenvalue weighted by atomic mass is 32.2. The van der Waals surface area contributed by atoms with E-state index in [1.807, 2.05) is 0 Å². The number of thiazole rings is 1. The molecule has 2 aromatic heterocycles. The number of primary sulfonamides is 1. The van der Waals surface area contributed by atoms with Crippen LogP contribution in [0, 0.1) is 13.8 Å². The third-order valence-corrected chi connectivity index (χ3v) is 5.43. The normalized spacial score (nSPS) is 11.7. The molecule has 0 saturated carbocycles. The molecule has 3 aromatic rings. The molecule has 26 heavy (non-hydrogen) atoms. The molecule has 0 fully saturated rings. The van der Waals surface area contributed by atoms with Crippen molar-refractivity contribution in [1.82, 2.24) is 14.5 Å². The van der Waals surface area contributed by atoms with E-state index in [1.165, 1.54) is 22.8 Å². The average molecular weight is 393 g/mol. The van der Waals surface area contributed by atoms with E-state index in [0.29, 0.717) is 26.7 Å². The summed E-state index contributed by atoms with van der Waals surface area (Å²) in [5.41, 5.74) is 1.24. The Hall–Kier alpha value is -2.63. The van der Waals surface area contributed by atoms with Crippen molar-refractivity contribution in [2.24, 2.45) is 5.14 Å². The lowest BCUT2D eigenvalue weighted by molar-refractivity contribution is -0.116. The van der Waals surface area contributed by atoms with E-state index >= 15 is 0 Å². The average Bonchev–Trinajstić information content (AvgIpc) is 2.91. The van der Waals surface area contributed by atoms with Crippen molar-refractivity contribution < 1.29 is 13.2 Å². The molecule has 0 radical (unpaired) electrons. The number of nitrogens with one attached hydrogen (secondary N) is 1. The number of rotatable bonds is 4. The highest BCUT2D eigenvalue weighted by molar-refractivity contribution is 7.89. The first-order chi connectivity index (χ1) is 12.1. The zero-order valence-corrected chi connectivity index (χ0v) is 15.5. The second-order valence-corrected chi connectivity index (χ2v) is 8.24. The van der Waals surface area contributed by atoms with E-state index in [4.69, 9.17) is 5.14 Å². The first-order valence-electron chi connectivity index (χ1n) is 7.42. The van der Waals surface area contributed by atoms with Crippen LogP contribution in [0.1, 0.15) is 11.4 Å². The number of carbonyl (C=O) groups is 1. The lowest BCUT2D eigenvalue weighted by Crippen LogP contribution is -2.31. The predicted octanol–water partition coefficient (Wildman–Crippen LogP) is 0.756. The van der Waals surface area contributed by atoms with Crippen LogP contribution in [0.4, 0.5) is 5.13 Å². The number of benzene rings is 1. The van der Waals surface area contributed by atoms with Gasteiger partial charge in [-0.3, -0.25) is 9.36 Å². The molecule has 0 aliphatic rings. The second-order valence-electron chi connectivity index (χ2n) is 5.65. The largest absolute Gasteiger partial charge is 0.348 e. The second kappa shape index (κ2) is 6.59. The van der Waals surface area contributed by atoms with E-state index in [1.54, 1.807) is 19.9 Å². The van der Waals surface area contributed by atoms with Crippen LogP contribution in [0.5, 0.6) is 0 Å². The van der Waals surface area contributed by atoms with E-state index in [9.17, 15) is 18.0 Å². The zero-order chi connectivity index (χ0) is 19.1. The van der Waals surface area contributed by atoms with E-state index < -0.39 is 21.6 Å². The van der Waals surface area contributed by atoms with Crippen molar-refractivity contribution >= 4 is 42.6 Å². The summed E-state index contributed by atoms with van der Waals surface area (Å²) in [6, 6.07) is 5.97. The Morgan fingerprint density at radius 3 is 2.65 bits per heavy atom. The molecular weight excluding hydrogens is 378 g/mol. The van der Waals surface area contributed by atoms with Gasteiger partial charge < -0.3 is 5.32 Å². The number of anilines is 1. The molecule has 1 amide bonds. The Labute approximate surface area is 152 Å². The molecule has 0 bridgehead atoms. The van der Waals surface area contributed by atoms with Gasteiger partial charge in [0.25, 0.3) is 0 Å². The van der Waals surface area contributed by atoms with Gasteiger partial charge >= 0.3 is 5.69 Å². The summed E-state index contributed by atoms with van der Waals surface area (Å²) in [4.78, 5) is 32.1. The van der Waals surface area contributed by atoms with Gasteiger partial charge in [-0.15, -0.1) is 0 Å². The van der Waals surface area contributed by atoms with Crippen molar-refractivity contribution in [1.29, 1.82) is 0 Å².